The fourth-order valence-electron chi connectivity index (χ4n) is 15.5. The van der Waals surface area contributed by atoms with E-state index in [0.29, 0.717) is 56.1 Å². The second kappa shape index (κ2) is 36.2. The molecule has 672 valence electrons. The van der Waals surface area contributed by atoms with Crippen molar-refractivity contribution in [1.29, 1.82) is 0 Å². The first kappa shape index (κ1) is 90.3. The minimum Gasteiger partial charge on any atom is -0.472 e. The number of aryl methyl sites for hydroxylation is 2. The summed E-state index contributed by atoms with van der Waals surface area (Å²) in [6, 6.07) is 72.0. The third-order valence-electron chi connectivity index (χ3n) is 23.8. The van der Waals surface area contributed by atoms with Gasteiger partial charge in [-0.2, -0.15) is 17.6 Å². The van der Waals surface area contributed by atoms with Crippen molar-refractivity contribution >= 4 is 121 Å². The Morgan fingerprint density at radius 2 is 0.797 bits per heavy atom. The van der Waals surface area contributed by atoms with Crippen LogP contribution in [0.1, 0.15) is 32.2 Å². The fourth-order valence-corrected chi connectivity index (χ4v) is 23.3. The average molecular weight is 1880 g/mol. The molecule has 13 aromatic heterocycles. The predicted molar refractivity (Wildman–Crippen MR) is 532 cm³/mol. The highest BCUT2D eigenvalue weighted by Crippen LogP contribution is 2.45. The number of furan rings is 1. The van der Waals surface area contributed by atoms with Crippen LogP contribution in [0.25, 0.3) is 133 Å². The number of rotatable bonds is 20. The van der Waals surface area contributed by atoms with E-state index in [1.807, 2.05) is 162 Å². The maximum atomic E-state index is 13.5. The number of imidazole rings is 1. The number of H-pyrrole nitrogens is 1. The molecular formula is C101H94N16O10S5Si. The molecule has 7 aromatic carbocycles. The van der Waals surface area contributed by atoms with Gasteiger partial charge in [0.15, 0.2) is 25.2 Å². The van der Waals surface area contributed by atoms with Crippen molar-refractivity contribution in [1.82, 2.24) is 60.4 Å². The fraction of sp³-hybridized carbons (Fsp3) is 0.139. The number of pyridine rings is 4. The summed E-state index contributed by atoms with van der Waals surface area (Å²) in [7, 11) is -5.28. The average Bonchev–Trinajstić information content (AvgIpc) is 1.57. The van der Waals surface area contributed by atoms with Gasteiger partial charge in [-0.15, -0.1) is 11.3 Å². The molecule has 0 bridgehead atoms. The zero-order valence-corrected chi connectivity index (χ0v) is 80.1. The minimum absolute atomic E-state index is 0.0689. The van der Waals surface area contributed by atoms with Crippen molar-refractivity contribution in [2.75, 3.05) is 57.0 Å². The Labute approximate surface area is 776 Å². The summed E-state index contributed by atoms with van der Waals surface area (Å²) in [4.78, 5) is 34.2. The Hall–Kier alpha value is -14.7. The molecule has 20 rings (SSSR count). The van der Waals surface area contributed by atoms with E-state index in [-0.39, 0.29) is 24.6 Å². The summed E-state index contributed by atoms with van der Waals surface area (Å²) >= 11 is 1.61. The smallest absolute Gasteiger partial charge is 0.282 e. The summed E-state index contributed by atoms with van der Waals surface area (Å²) in [5.74, 6) is 1.20. The molecule has 0 atom stereocenters. The van der Waals surface area contributed by atoms with E-state index in [0.717, 1.165) is 109 Å². The second-order valence-corrected chi connectivity index (χ2v) is 47.2. The van der Waals surface area contributed by atoms with Crippen molar-refractivity contribution in [2.45, 2.75) is 72.3 Å². The lowest BCUT2D eigenvalue weighted by Crippen LogP contribution is -2.45. The number of nitrogens with zero attached hydrogens (tertiary/aromatic N) is 15. The maximum absolute atomic E-state index is 13.5. The van der Waals surface area contributed by atoms with E-state index in [2.05, 4.69) is 115 Å². The normalized spacial score (nSPS) is 12.0. The van der Waals surface area contributed by atoms with Crippen LogP contribution < -0.4 is 14.7 Å². The van der Waals surface area contributed by atoms with Crippen LogP contribution in [-0.4, -0.2) is 145 Å². The molecule has 26 nitrogen and oxygen atoms in total. The summed E-state index contributed by atoms with van der Waals surface area (Å²) in [6.07, 6.45) is 23.8. The van der Waals surface area contributed by atoms with E-state index >= 15 is 0 Å². The second-order valence-electron chi connectivity index (χ2n) is 33.9. The van der Waals surface area contributed by atoms with Crippen LogP contribution in [0.5, 0.6) is 0 Å². The quantitative estimate of drug-likeness (QED) is 0.0693. The summed E-state index contributed by atoms with van der Waals surface area (Å²) < 4.78 is 125. The third-order valence-corrected chi connectivity index (χ3v) is 36.5. The van der Waals surface area contributed by atoms with Gasteiger partial charge in [-0.25, -0.2) is 62.1 Å². The Kier molecular flexibility index (Phi) is 24.6. The molecule has 0 fully saturated rings. The van der Waals surface area contributed by atoms with Gasteiger partial charge in [-0.1, -0.05) is 154 Å². The Balaban J connectivity index is 0.000000124. The molecule has 0 radical (unpaired) electrons. The van der Waals surface area contributed by atoms with E-state index < -0.39 is 48.3 Å². The van der Waals surface area contributed by atoms with Crippen molar-refractivity contribution in [2.24, 2.45) is 0 Å². The first-order valence-electron chi connectivity index (χ1n) is 42.3. The standard InChI is InChI=1S/C30H35N5O2SSi.C26H24N4O3S.C24H21N5O2S.C21H14N2O3S2/c1-30(2,3)39(6,7)34-21-28(24-19-32-35(20-24)38(36,37)26-11-9-8-10-12-26)27-17-23(18-31-29(27)34)22-13-15-25(16-14-22)33(4)5;1-17-25(18(2)33-28-17)24-16-30(34(31,32)22-8-6-5-7-9-22)26-23(24)14-20(15-27-26)19-10-12-21(13-11-19)29(3)4;1-28(2)19-10-8-17(9-11-19)18-14-21-22(23-25-12-13-26-23)16-29(24(21)27-15-18)32(30,31)20-6-4-3-5-7-20;24-28(25,17-5-2-1-3-6-17)23-13-19(15-8-9-26-14-15)18-11-16(12-22-21(18)23)20-7-4-10-27-20/h8-21H,1-7H3;5-16H,1-4H3;3-16H,1-2H3,(H,25,26);1-14H. The number of benzene rings is 7. The molecule has 0 saturated heterocycles. The number of nitrogens with one attached hydrogen (secondary N) is 1. The number of aromatic nitrogens is 13. The first-order chi connectivity index (χ1) is 63.7. The lowest BCUT2D eigenvalue weighted by molar-refractivity contribution is 0.393. The number of aromatic amines is 1. The van der Waals surface area contributed by atoms with Gasteiger partial charge in [0.05, 0.1) is 50.2 Å². The molecule has 0 spiro atoms. The zero-order valence-electron chi connectivity index (χ0n) is 75.0. The Morgan fingerprint density at radius 3 is 1.20 bits per heavy atom. The van der Waals surface area contributed by atoms with E-state index in [1.54, 1.807) is 207 Å². The summed E-state index contributed by atoms with van der Waals surface area (Å²) in [5.41, 5.74) is 18.2. The minimum atomic E-state index is -3.86. The number of fused-ring (bicyclic) bond motifs is 4. The number of thiophene rings is 1. The van der Waals surface area contributed by atoms with Gasteiger partial charge in [0, 0.05) is 209 Å². The lowest BCUT2D eigenvalue weighted by atomic mass is 10.0. The van der Waals surface area contributed by atoms with Crippen molar-refractivity contribution < 1.29 is 42.6 Å². The monoisotopic (exact) mass is 1880 g/mol. The summed E-state index contributed by atoms with van der Waals surface area (Å²) in [6.45, 7) is 15.2. The third kappa shape index (κ3) is 17.7. The number of hydrogen-bond donors (Lipinski definition) is 1. The van der Waals surface area contributed by atoms with Gasteiger partial charge < -0.3 is 32.9 Å². The van der Waals surface area contributed by atoms with Crippen LogP contribution in [0.2, 0.25) is 18.1 Å². The highest BCUT2D eigenvalue weighted by Gasteiger charge is 2.40. The van der Waals surface area contributed by atoms with Gasteiger partial charge in [0.1, 0.15) is 17.2 Å². The van der Waals surface area contributed by atoms with Crippen LogP contribution in [-0.2, 0) is 40.1 Å². The predicted octanol–water partition coefficient (Wildman–Crippen LogP) is 21.7. The van der Waals surface area contributed by atoms with Crippen molar-refractivity contribution in [3.63, 3.8) is 0 Å². The Bertz CT molecular complexity index is 8080. The molecule has 13 heterocycles. The Morgan fingerprint density at radius 1 is 0.398 bits per heavy atom. The van der Waals surface area contributed by atoms with E-state index in [4.69, 9.17) is 13.9 Å². The van der Waals surface area contributed by atoms with E-state index in [9.17, 15) is 33.7 Å². The SMILES string of the molecule is CN(C)c1ccc(-c2cnc3c(c2)c(-c2cnn(S(=O)(=O)c4ccccc4)c2)cn3[Si](C)(C)C(C)(C)C)cc1.CN(C)c1ccc(-c2cnc3c(c2)c(-c2ncc[nH]2)cn3S(=O)(=O)c2ccccc2)cc1.Cc1noc(C)c1-c1cn(S(=O)(=O)c2ccccc2)c2ncc(-c3ccc(N(C)C)cc3)cc12.O=S(=O)(c1ccccc1)n1cc(-c2ccoc2)c2cc(-c3cccs3)cnc21. The largest absolute Gasteiger partial charge is 0.472 e. The van der Waals surface area contributed by atoms with Crippen LogP contribution >= 0.6 is 11.3 Å². The number of hydrogen-bond acceptors (Lipinski definition) is 21. The van der Waals surface area contributed by atoms with Gasteiger partial charge >= 0.3 is 0 Å². The molecule has 0 aliphatic rings. The molecule has 0 aliphatic carbocycles. The summed E-state index contributed by atoms with van der Waals surface area (Å²) in [5, 5.41) is 13.6. The van der Waals surface area contributed by atoms with Gasteiger partial charge in [0.2, 0.25) is 0 Å². The zero-order chi connectivity index (χ0) is 93.6. The van der Waals surface area contributed by atoms with Crippen molar-refractivity contribution in [3.8, 4) is 88.6 Å². The molecule has 133 heavy (non-hydrogen) atoms. The van der Waals surface area contributed by atoms with Gasteiger partial charge in [0.25, 0.3) is 40.1 Å². The van der Waals surface area contributed by atoms with Crippen molar-refractivity contribution in [3.05, 3.63) is 340 Å². The molecule has 0 saturated carbocycles. The molecular weight excluding hydrogens is 1790 g/mol. The maximum Gasteiger partial charge on any atom is 0.282 e. The van der Waals surface area contributed by atoms with E-state index in [1.165, 1.54) is 11.9 Å². The number of anilines is 3. The van der Waals surface area contributed by atoms with Crippen LogP contribution in [0.4, 0.5) is 17.1 Å². The molecule has 32 heteroatoms. The molecule has 0 aliphatic heterocycles. The van der Waals surface area contributed by atoms with Gasteiger partial charge in [-0.3, -0.25) is 0 Å². The molecule has 20 aromatic rings. The highest BCUT2D eigenvalue weighted by atomic mass is 32.2. The first-order valence-corrected chi connectivity index (χ1v) is 51.9. The molecule has 0 unspecified atom stereocenters. The van der Waals surface area contributed by atoms with Gasteiger partial charge in [-0.05, 0) is 162 Å². The lowest BCUT2D eigenvalue weighted by Gasteiger charge is -2.38. The van der Waals surface area contributed by atoms with Crippen LogP contribution in [0.3, 0.4) is 0 Å². The molecule has 1 N–H and O–H groups in total. The molecule has 0 amide bonds. The van der Waals surface area contributed by atoms with Crippen LogP contribution in [0, 0.1) is 13.8 Å². The van der Waals surface area contributed by atoms with Crippen LogP contribution in [0.15, 0.2) is 357 Å². The highest BCUT2D eigenvalue weighted by molar-refractivity contribution is 7.91. The topological polar surface area (TPSA) is 303 Å².